The third-order valence-corrected chi connectivity index (χ3v) is 2.14. The number of nitrogens with zero attached hydrogens (tertiary/aromatic N) is 1. The van der Waals surface area contributed by atoms with Gasteiger partial charge in [0.1, 0.15) is 0 Å². The number of aromatic carboxylic acids is 1. The first-order valence-electron chi connectivity index (χ1n) is 3.52. The van der Waals surface area contributed by atoms with Gasteiger partial charge in [0.05, 0.1) is 17.0 Å². The maximum Gasteiger partial charge on any atom is 0.0970 e. The lowest BCUT2D eigenvalue weighted by Gasteiger charge is -1.97. The zero-order chi connectivity index (χ0) is 9.42. The van der Waals surface area contributed by atoms with Crippen molar-refractivity contribution in [2.45, 2.75) is 0 Å². The average molecular weight is 240 g/mol. The van der Waals surface area contributed by atoms with Gasteiger partial charge in [-0.25, -0.2) is 0 Å². The molecule has 0 aliphatic rings. The molecule has 0 aliphatic heterocycles. The molecule has 0 aromatic carbocycles. The Balaban J connectivity index is 2.76. The Morgan fingerprint density at radius 3 is 3.08 bits per heavy atom. The minimum absolute atomic E-state index is 0.0856. The summed E-state index contributed by atoms with van der Waals surface area (Å²) in [7, 11) is 0. The van der Waals surface area contributed by atoms with E-state index in [0.29, 0.717) is 11.0 Å². The van der Waals surface area contributed by atoms with Crippen LogP contribution in [-0.2, 0) is 0 Å². The SMILES string of the molecule is O=C([O-])c1c[nH]c2cc(Br)cnc12. The van der Waals surface area contributed by atoms with E-state index in [-0.39, 0.29) is 5.56 Å². The summed E-state index contributed by atoms with van der Waals surface area (Å²) in [5.74, 6) is -1.22. The number of hydrogen-bond donors (Lipinski definition) is 1. The van der Waals surface area contributed by atoms with Crippen LogP contribution >= 0.6 is 15.9 Å². The molecule has 4 nitrogen and oxygen atoms in total. The first-order valence-corrected chi connectivity index (χ1v) is 4.32. The maximum absolute atomic E-state index is 10.6. The lowest BCUT2D eigenvalue weighted by Crippen LogP contribution is -2.21. The highest BCUT2D eigenvalue weighted by molar-refractivity contribution is 9.10. The molecule has 0 fully saturated rings. The van der Waals surface area contributed by atoms with Crippen molar-refractivity contribution in [1.82, 2.24) is 9.97 Å². The molecule has 0 amide bonds. The molecule has 2 rings (SSSR count). The van der Waals surface area contributed by atoms with E-state index in [1.165, 1.54) is 6.20 Å². The van der Waals surface area contributed by atoms with Crippen molar-refractivity contribution in [1.29, 1.82) is 0 Å². The lowest BCUT2D eigenvalue weighted by molar-refractivity contribution is -0.254. The monoisotopic (exact) mass is 239 g/mol. The Kier molecular flexibility index (Phi) is 1.81. The van der Waals surface area contributed by atoms with Crippen LogP contribution in [-0.4, -0.2) is 15.9 Å². The summed E-state index contributed by atoms with van der Waals surface area (Å²) in [4.78, 5) is 17.3. The second-order valence-corrected chi connectivity index (χ2v) is 3.46. The van der Waals surface area contributed by atoms with Crippen LogP contribution in [0.25, 0.3) is 11.0 Å². The molecule has 66 valence electrons. The van der Waals surface area contributed by atoms with Gasteiger partial charge >= 0.3 is 0 Å². The summed E-state index contributed by atoms with van der Waals surface area (Å²) in [6.45, 7) is 0. The smallest absolute Gasteiger partial charge is 0.0970 e. The van der Waals surface area contributed by atoms with Crippen LogP contribution in [0.4, 0.5) is 0 Å². The Labute approximate surface area is 81.7 Å². The molecule has 2 aromatic heterocycles. The summed E-state index contributed by atoms with van der Waals surface area (Å²) in [6.07, 6.45) is 2.92. The maximum atomic E-state index is 10.6. The fourth-order valence-electron chi connectivity index (χ4n) is 1.14. The van der Waals surface area contributed by atoms with Crippen molar-refractivity contribution < 1.29 is 9.90 Å². The largest absolute Gasteiger partial charge is 0.545 e. The fraction of sp³-hybridized carbons (Fsp3) is 0. The van der Waals surface area contributed by atoms with Crippen molar-refractivity contribution in [2.24, 2.45) is 0 Å². The summed E-state index contributed by atoms with van der Waals surface area (Å²) < 4.78 is 0.798. The molecular formula is C8H4BrN2O2-. The summed E-state index contributed by atoms with van der Waals surface area (Å²) >= 11 is 3.23. The number of carbonyl (C=O) groups excluding carboxylic acids is 1. The van der Waals surface area contributed by atoms with Crippen molar-refractivity contribution in [2.75, 3.05) is 0 Å². The molecule has 0 atom stereocenters. The second kappa shape index (κ2) is 2.85. The van der Waals surface area contributed by atoms with Crippen molar-refractivity contribution in [3.8, 4) is 0 Å². The van der Waals surface area contributed by atoms with E-state index in [2.05, 4.69) is 25.9 Å². The number of nitrogens with one attached hydrogen (secondary N) is 1. The third-order valence-electron chi connectivity index (χ3n) is 1.70. The third kappa shape index (κ3) is 1.31. The molecule has 0 radical (unpaired) electrons. The number of carboxylic acids is 1. The molecule has 2 heterocycles. The quantitative estimate of drug-likeness (QED) is 0.797. The van der Waals surface area contributed by atoms with Crippen molar-refractivity contribution >= 4 is 32.9 Å². The minimum atomic E-state index is -1.22. The van der Waals surface area contributed by atoms with E-state index in [1.54, 1.807) is 12.3 Å². The van der Waals surface area contributed by atoms with E-state index in [9.17, 15) is 9.90 Å². The van der Waals surface area contributed by atoms with E-state index in [1.807, 2.05) is 0 Å². The van der Waals surface area contributed by atoms with Crippen LogP contribution < -0.4 is 5.11 Å². The van der Waals surface area contributed by atoms with Crippen molar-refractivity contribution in [3.05, 3.63) is 28.5 Å². The molecule has 0 aliphatic carbocycles. The standard InChI is InChI=1S/C8H5BrN2O2/c9-4-1-6-7(11-2-4)5(3-10-6)8(12)13/h1-3,10H,(H,12,13)/p-1. The molecule has 5 heteroatoms. The highest BCUT2D eigenvalue weighted by Crippen LogP contribution is 2.18. The van der Waals surface area contributed by atoms with E-state index >= 15 is 0 Å². The zero-order valence-electron chi connectivity index (χ0n) is 6.37. The van der Waals surface area contributed by atoms with Gasteiger partial charge < -0.3 is 14.9 Å². The normalized spacial score (nSPS) is 10.5. The number of carboxylic acid groups (broad SMARTS) is 1. The number of aromatic amines is 1. The van der Waals surface area contributed by atoms with Gasteiger partial charge in [-0.15, -0.1) is 0 Å². The van der Waals surface area contributed by atoms with Gasteiger partial charge in [0.25, 0.3) is 0 Å². The number of carbonyl (C=O) groups is 1. The Bertz CT molecular complexity index is 478. The van der Waals surface area contributed by atoms with Gasteiger partial charge in [-0.05, 0) is 22.0 Å². The van der Waals surface area contributed by atoms with Crippen LogP contribution in [0.1, 0.15) is 10.4 Å². The number of hydrogen-bond acceptors (Lipinski definition) is 3. The van der Waals surface area contributed by atoms with Crippen LogP contribution in [0.5, 0.6) is 0 Å². The summed E-state index contributed by atoms with van der Waals surface area (Å²) in [5, 5.41) is 10.6. The number of pyridine rings is 1. The molecule has 0 spiro atoms. The highest BCUT2D eigenvalue weighted by atomic mass is 79.9. The highest BCUT2D eigenvalue weighted by Gasteiger charge is 2.05. The molecule has 0 unspecified atom stereocenters. The Morgan fingerprint density at radius 1 is 1.62 bits per heavy atom. The molecule has 0 bridgehead atoms. The predicted octanol–water partition coefficient (Wildman–Crippen LogP) is 0.689. The first-order chi connectivity index (χ1) is 6.18. The number of H-pyrrole nitrogens is 1. The van der Waals surface area contributed by atoms with Crippen molar-refractivity contribution in [3.63, 3.8) is 0 Å². The van der Waals surface area contributed by atoms with Crippen LogP contribution in [0.2, 0.25) is 0 Å². The van der Waals surface area contributed by atoms with Gasteiger partial charge in [-0.1, -0.05) is 0 Å². The van der Waals surface area contributed by atoms with E-state index in [4.69, 9.17) is 0 Å². The van der Waals surface area contributed by atoms with Crippen LogP contribution in [0.15, 0.2) is 22.9 Å². The topological polar surface area (TPSA) is 68.8 Å². The van der Waals surface area contributed by atoms with E-state index in [0.717, 1.165) is 4.47 Å². The summed E-state index contributed by atoms with van der Waals surface area (Å²) in [5.41, 5.74) is 1.18. The van der Waals surface area contributed by atoms with E-state index < -0.39 is 5.97 Å². The molecular weight excluding hydrogens is 236 g/mol. The van der Waals surface area contributed by atoms with Crippen LogP contribution in [0, 0.1) is 0 Å². The minimum Gasteiger partial charge on any atom is -0.545 e. The first kappa shape index (κ1) is 8.25. The van der Waals surface area contributed by atoms with Gasteiger partial charge in [0, 0.05) is 22.4 Å². The Hall–Kier alpha value is -1.36. The fourth-order valence-corrected chi connectivity index (χ4v) is 1.47. The van der Waals surface area contributed by atoms with Gasteiger partial charge in [0.15, 0.2) is 0 Å². The summed E-state index contributed by atoms with van der Waals surface area (Å²) in [6, 6.07) is 1.76. The Morgan fingerprint density at radius 2 is 2.38 bits per heavy atom. The molecule has 13 heavy (non-hydrogen) atoms. The van der Waals surface area contributed by atoms with Crippen LogP contribution in [0.3, 0.4) is 0 Å². The second-order valence-electron chi connectivity index (χ2n) is 2.54. The number of halogens is 1. The van der Waals surface area contributed by atoms with Gasteiger partial charge in [0.2, 0.25) is 0 Å². The molecule has 0 saturated heterocycles. The number of fused-ring (bicyclic) bond motifs is 1. The number of rotatable bonds is 1. The molecule has 2 aromatic rings. The predicted molar refractivity (Wildman–Crippen MR) is 48.1 cm³/mol. The number of aromatic nitrogens is 2. The van der Waals surface area contributed by atoms with Gasteiger partial charge in [-0.3, -0.25) is 4.98 Å². The lowest BCUT2D eigenvalue weighted by atomic mass is 10.3. The van der Waals surface area contributed by atoms with Gasteiger partial charge in [-0.2, -0.15) is 0 Å². The molecule has 0 saturated carbocycles. The zero-order valence-corrected chi connectivity index (χ0v) is 7.96. The molecule has 1 N–H and O–H groups in total. The average Bonchev–Trinajstić information content (AvgIpc) is 2.46.